The van der Waals surface area contributed by atoms with Crippen LogP contribution in [0.4, 0.5) is 5.69 Å². The minimum atomic E-state index is 0.751. The van der Waals surface area contributed by atoms with Crippen LogP contribution in [0.2, 0.25) is 5.02 Å². The van der Waals surface area contributed by atoms with Gasteiger partial charge < -0.3 is 4.90 Å². The summed E-state index contributed by atoms with van der Waals surface area (Å²) in [7, 11) is 4.15. The zero-order valence-corrected chi connectivity index (χ0v) is 18.8. The van der Waals surface area contributed by atoms with Crippen LogP contribution in [0.5, 0.6) is 0 Å². The van der Waals surface area contributed by atoms with Crippen molar-refractivity contribution in [1.29, 1.82) is 0 Å². The Balaban J connectivity index is 1.56. The fourth-order valence-electron chi connectivity index (χ4n) is 4.02. The van der Waals surface area contributed by atoms with Gasteiger partial charge in [-0.3, -0.25) is 4.90 Å². The van der Waals surface area contributed by atoms with Gasteiger partial charge in [0.15, 0.2) is 0 Å². The number of hydrogen-bond donors (Lipinski definition) is 0. The number of anilines is 1. The largest absolute Gasteiger partial charge is 0.378 e. The Labute approximate surface area is 184 Å². The summed E-state index contributed by atoms with van der Waals surface area (Å²) in [5, 5.41) is 0.751. The molecule has 4 nitrogen and oxygen atoms in total. The number of aryl methyl sites for hydroxylation is 1. The molecule has 0 fully saturated rings. The molecule has 3 aromatic rings. The molecule has 5 heteroatoms. The summed E-state index contributed by atoms with van der Waals surface area (Å²) < 4.78 is 0. The van der Waals surface area contributed by atoms with Crippen molar-refractivity contribution in [1.82, 2.24) is 14.9 Å². The van der Waals surface area contributed by atoms with Crippen molar-refractivity contribution in [2.45, 2.75) is 32.7 Å². The van der Waals surface area contributed by atoms with Crippen LogP contribution >= 0.6 is 11.6 Å². The molecule has 2 heterocycles. The molecule has 0 spiro atoms. The number of fused-ring (bicyclic) bond motifs is 1. The lowest BCUT2D eigenvalue weighted by molar-refractivity contribution is 0.279. The summed E-state index contributed by atoms with van der Waals surface area (Å²) in [5.41, 5.74) is 7.28. The van der Waals surface area contributed by atoms with Crippen LogP contribution in [-0.4, -0.2) is 42.1 Å². The molecule has 0 radical (unpaired) electrons. The van der Waals surface area contributed by atoms with Crippen LogP contribution < -0.4 is 4.90 Å². The van der Waals surface area contributed by atoms with Gasteiger partial charge in [-0.05, 0) is 36.2 Å². The molecule has 0 saturated carbocycles. The zero-order valence-electron chi connectivity index (χ0n) is 18.0. The monoisotopic (exact) mass is 420 g/mol. The fourth-order valence-corrected chi connectivity index (χ4v) is 4.14. The second-order valence-electron chi connectivity index (χ2n) is 8.11. The van der Waals surface area contributed by atoms with Crippen LogP contribution in [0.25, 0.3) is 11.3 Å². The van der Waals surface area contributed by atoms with E-state index in [1.807, 2.05) is 12.1 Å². The van der Waals surface area contributed by atoms with Gasteiger partial charge in [0.2, 0.25) is 0 Å². The van der Waals surface area contributed by atoms with Crippen molar-refractivity contribution < 1.29 is 0 Å². The Morgan fingerprint density at radius 3 is 2.30 bits per heavy atom. The maximum atomic E-state index is 6.11. The Bertz CT molecular complexity index is 997. The number of aromatic nitrogens is 2. The minimum Gasteiger partial charge on any atom is -0.378 e. The first-order valence-electron chi connectivity index (χ1n) is 10.7. The SMILES string of the molecule is CCc1nc2c(c(-c3ccc(Cl)cc3)n1)CCN(Cc1ccc(N(C)C)cc1)CC2. The van der Waals surface area contributed by atoms with E-state index in [4.69, 9.17) is 21.6 Å². The number of rotatable bonds is 5. The van der Waals surface area contributed by atoms with E-state index in [1.54, 1.807) is 0 Å². The van der Waals surface area contributed by atoms with Gasteiger partial charge in [-0.25, -0.2) is 9.97 Å². The summed E-state index contributed by atoms with van der Waals surface area (Å²) in [4.78, 5) is 14.5. The maximum Gasteiger partial charge on any atom is 0.129 e. The molecular formula is C25H29ClN4. The predicted molar refractivity (Wildman–Crippen MR) is 125 cm³/mol. The molecule has 1 aliphatic rings. The molecular weight excluding hydrogens is 392 g/mol. The van der Waals surface area contributed by atoms with Crippen molar-refractivity contribution >= 4 is 17.3 Å². The third-order valence-electron chi connectivity index (χ3n) is 5.77. The first kappa shape index (κ1) is 20.8. The Morgan fingerprint density at radius 2 is 1.63 bits per heavy atom. The summed E-state index contributed by atoms with van der Waals surface area (Å²) >= 11 is 6.11. The number of halogens is 1. The first-order chi connectivity index (χ1) is 14.5. The van der Waals surface area contributed by atoms with E-state index in [1.165, 1.54) is 22.5 Å². The van der Waals surface area contributed by atoms with E-state index in [9.17, 15) is 0 Å². The standard InChI is InChI=1S/C25H29ClN4/c1-4-24-27-23-14-16-30(17-18-5-11-21(12-6-18)29(2)3)15-13-22(23)25(28-24)19-7-9-20(26)10-8-19/h5-12H,4,13-17H2,1-3H3. The zero-order chi connectivity index (χ0) is 21.1. The molecule has 30 heavy (non-hydrogen) atoms. The van der Waals surface area contributed by atoms with Crippen LogP contribution in [0, 0.1) is 0 Å². The quantitative estimate of drug-likeness (QED) is 0.579. The van der Waals surface area contributed by atoms with Crippen molar-refractivity contribution in [3.8, 4) is 11.3 Å². The highest BCUT2D eigenvalue weighted by atomic mass is 35.5. The summed E-state index contributed by atoms with van der Waals surface area (Å²) in [6, 6.07) is 16.9. The molecule has 156 valence electrons. The summed E-state index contributed by atoms with van der Waals surface area (Å²) in [6.45, 7) is 5.11. The molecule has 0 N–H and O–H groups in total. The molecule has 1 aliphatic heterocycles. The van der Waals surface area contributed by atoms with Gasteiger partial charge in [-0.2, -0.15) is 0 Å². The second-order valence-corrected chi connectivity index (χ2v) is 8.55. The third-order valence-corrected chi connectivity index (χ3v) is 6.03. The van der Waals surface area contributed by atoms with Crippen LogP contribution in [0.15, 0.2) is 48.5 Å². The highest BCUT2D eigenvalue weighted by Gasteiger charge is 2.21. The van der Waals surface area contributed by atoms with Gasteiger partial charge in [0.05, 0.1) is 5.69 Å². The van der Waals surface area contributed by atoms with Gasteiger partial charge in [0.1, 0.15) is 5.82 Å². The summed E-state index contributed by atoms with van der Waals surface area (Å²) in [6.07, 6.45) is 2.77. The smallest absolute Gasteiger partial charge is 0.129 e. The number of hydrogen-bond acceptors (Lipinski definition) is 4. The van der Waals surface area contributed by atoms with E-state index in [-0.39, 0.29) is 0 Å². The molecule has 0 amide bonds. The van der Waals surface area contributed by atoms with Gasteiger partial charge in [0.25, 0.3) is 0 Å². The molecule has 0 bridgehead atoms. The normalized spacial score (nSPS) is 14.3. The second kappa shape index (κ2) is 9.15. The maximum absolute atomic E-state index is 6.11. The van der Waals surface area contributed by atoms with Gasteiger partial charge in [-0.15, -0.1) is 0 Å². The molecule has 0 atom stereocenters. The van der Waals surface area contributed by atoms with Crippen molar-refractivity contribution in [3.63, 3.8) is 0 Å². The van der Waals surface area contributed by atoms with E-state index >= 15 is 0 Å². The highest BCUT2D eigenvalue weighted by Crippen LogP contribution is 2.28. The van der Waals surface area contributed by atoms with E-state index in [0.717, 1.165) is 61.0 Å². The van der Waals surface area contributed by atoms with Crippen molar-refractivity contribution in [2.75, 3.05) is 32.1 Å². The van der Waals surface area contributed by atoms with Crippen molar-refractivity contribution in [3.05, 3.63) is 76.2 Å². The molecule has 2 aromatic carbocycles. The lowest BCUT2D eigenvalue weighted by Gasteiger charge is -2.20. The molecule has 0 saturated heterocycles. The van der Waals surface area contributed by atoms with E-state index in [0.29, 0.717) is 0 Å². The Kier molecular flexibility index (Phi) is 6.35. The summed E-state index contributed by atoms with van der Waals surface area (Å²) in [5.74, 6) is 0.923. The number of nitrogens with zero attached hydrogens (tertiary/aromatic N) is 4. The van der Waals surface area contributed by atoms with Gasteiger partial charge in [-0.1, -0.05) is 42.8 Å². The first-order valence-corrected chi connectivity index (χ1v) is 11.0. The Morgan fingerprint density at radius 1 is 0.933 bits per heavy atom. The molecule has 4 rings (SSSR count). The lowest BCUT2D eigenvalue weighted by Crippen LogP contribution is -2.26. The van der Waals surface area contributed by atoms with Gasteiger partial charge in [0, 0.05) is 74.1 Å². The third kappa shape index (κ3) is 4.66. The fraction of sp³-hybridized carbons (Fsp3) is 0.360. The van der Waals surface area contributed by atoms with E-state index < -0.39 is 0 Å². The average molecular weight is 421 g/mol. The van der Waals surface area contributed by atoms with Crippen molar-refractivity contribution in [2.24, 2.45) is 0 Å². The molecule has 0 unspecified atom stereocenters. The minimum absolute atomic E-state index is 0.751. The topological polar surface area (TPSA) is 32.3 Å². The molecule has 0 aliphatic carbocycles. The average Bonchev–Trinajstić information content (AvgIpc) is 2.96. The van der Waals surface area contributed by atoms with Crippen LogP contribution in [0.1, 0.15) is 29.6 Å². The lowest BCUT2D eigenvalue weighted by atomic mass is 10.0. The highest BCUT2D eigenvalue weighted by molar-refractivity contribution is 6.30. The van der Waals surface area contributed by atoms with Crippen LogP contribution in [0.3, 0.4) is 0 Å². The van der Waals surface area contributed by atoms with E-state index in [2.05, 4.69) is 67.2 Å². The Hall–Kier alpha value is -2.43. The van der Waals surface area contributed by atoms with Gasteiger partial charge >= 0.3 is 0 Å². The molecule has 1 aromatic heterocycles. The number of benzene rings is 2. The predicted octanol–water partition coefficient (Wildman–Crippen LogP) is 5.03. The van der Waals surface area contributed by atoms with Crippen LogP contribution in [-0.2, 0) is 25.8 Å².